The van der Waals surface area contributed by atoms with Gasteiger partial charge in [0.1, 0.15) is 0 Å². The van der Waals surface area contributed by atoms with Crippen molar-refractivity contribution in [3.05, 3.63) is 0 Å². The number of hydrogen-bond acceptors (Lipinski definition) is 1. The second-order valence-corrected chi connectivity index (χ2v) is 2.98. The van der Waals surface area contributed by atoms with E-state index in [0.717, 1.165) is 12.8 Å². The Bertz CT molecular complexity index is 123. The van der Waals surface area contributed by atoms with Crippen LogP contribution in [0.2, 0.25) is 0 Å². The Hall–Kier alpha value is -0.250. The fraction of sp³-hybridized carbons (Fsp3) is 1.00. The van der Waals surface area contributed by atoms with Gasteiger partial charge in [-0.3, -0.25) is 0 Å². The maximum atomic E-state index is 12.2. The first kappa shape index (κ1) is 12.8. The van der Waals surface area contributed by atoms with Crippen molar-refractivity contribution in [1.82, 2.24) is 0 Å². The van der Waals surface area contributed by atoms with Crippen LogP contribution in [-0.4, -0.2) is 18.9 Å². The zero-order valence-electron chi connectivity index (χ0n) is 8.16. The molecule has 0 fully saturated rings. The van der Waals surface area contributed by atoms with Crippen LogP contribution in [0.5, 0.6) is 0 Å². The molecule has 0 spiro atoms. The molecule has 0 aromatic rings. The highest BCUT2D eigenvalue weighted by Crippen LogP contribution is 2.26. The van der Waals surface area contributed by atoms with Crippen molar-refractivity contribution in [2.45, 2.75) is 51.8 Å². The maximum Gasteiger partial charge on any atom is 0.414 e. The average Bonchev–Trinajstić information content (AvgIpc) is 2.01. The summed E-state index contributed by atoms with van der Waals surface area (Å²) in [7, 11) is 0. The smallest absolute Gasteiger partial charge is 0.369 e. The molecule has 0 bridgehead atoms. The first-order valence-electron chi connectivity index (χ1n) is 4.70. The van der Waals surface area contributed by atoms with Crippen molar-refractivity contribution >= 4 is 0 Å². The van der Waals surface area contributed by atoms with Crippen LogP contribution in [-0.2, 0) is 4.74 Å². The van der Waals surface area contributed by atoms with Gasteiger partial charge in [0, 0.05) is 6.61 Å². The molecular weight excluding hydrogens is 181 g/mol. The minimum absolute atomic E-state index is 0.0885. The zero-order valence-corrected chi connectivity index (χ0v) is 8.16. The number of halogens is 3. The van der Waals surface area contributed by atoms with Gasteiger partial charge in [-0.2, -0.15) is 13.2 Å². The van der Waals surface area contributed by atoms with E-state index in [2.05, 4.69) is 4.74 Å². The fourth-order valence-electron chi connectivity index (χ4n) is 1.12. The zero-order chi connectivity index (χ0) is 10.3. The lowest BCUT2D eigenvalue weighted by molar-refractivity contribution is -0.221. The highest BCUT2D eigenvalue weighted by molar-refractivity contribution is 4.67. The molecule has 80 valence electrons. The molecule has 0 saturated carbocycles. The first-order valence-corrected chi connectivity index (χ1v) is 4.70. The van der Waals surface area contributed by atoms with Crippen molar-refractivity contribution in [1.29, 1.82) is 0 Å². The van der Waals surface area contributed by atoms with Gasteiger partial charge in [0.15, 0.2) is 6.10 Å². The van der Waals surface area contributed by atoms with Gasteiger partial charge in [-0.1, -0.05) is 26.2 Å². The minimum Gasteiger partial charge on any atom is -0.369 e. The second-order valence-electron chi connectivity index (χ2n) is 2.98. The van der Waals surface area contributed by atoms with Gasteiger partial charge in [-0.05, 0) is 13.3 Å². The predicted octanol–water partition coefficient (Wildman–Crippen LogP) is 3.53. The summed E-state index contributed by atoms with van der Waals surface area (Å²) in [6.45, 7) is 3.66. The molecular formula is C9H17F3O. The van der Waals surface area contributed by atoms with Crippen LogP contribution >= 0.6 is 0 Å². The maximum absolute atomic E-state index is 12.2. The molecule has 13 heavy (non-hydrogen) atoms. The molecule has 0 aromatic carbocycles. The van der Waals surface area contributed by atoms with Crippen LogP contribution in [0.4, 0.5) is 13.2 Å². The summed E-state index contributed by atoms with van der Waals surface area (Å²) in [4.78, 5) is 0. The molecule has 0 aliphatic carbocycles. The Morgan fingerprint density at radius 1 is 1.15 bits per heavy atom. The molecule has 0 radical (unpaired) electrons. The number of ether oxygens (including phenoxy) is 1. The molecule has 0 amide bonds. The van der Waals surface area contributed by atoms with E-state index < -0.39 is 12.3 Å². The molecule has 0 N–H and O–H groups in total. The van der Waals surface area contributed by atoms with Gasteiger partial charge in [0.25, 0.3) is 0 Å². The van der Waals surface area contributed by atoms with E-state index >= 15 is 0 Å². The van der Waals surface area contributed by atoms with E-state index in [1.165, 1.54) is 0 Å². The van der Waals surface area contributed by atoms with E-state index in [9.17, 15) is 13.2 Å². The molecule has 0 rings (SSSR count). The Balaban J connectivity index is 3.81. The summed E-state index contributed by atoms with van der Waals surface area (Å²) in [5.74, 6) is 0. The molecule has 0 aliphatic heterocycles. The van der Waals surface area contributed by atoms with Crippen molar-refractivity contribution in [2.75, 3.05) is 6.61 Å². The highest BCUT2D eigenvalue weighted by atomic mass is 19.4. The first-order chi connectivity index (χ1) is 6.02. The molecule has 0 aliphatic rings. The quantitative estimate of drug-likeness (QED) is 0.593. The summed E-state index contributed by atoms with van der Waals surface area (Å²) in [5, 5.41) is 0. The van der Waals surface area contributed by atoms with E-state index in [1.807, 2.05) is 6.92 Å². The molecule has 0 heterocycles. The second kappa shape index (κ2) is 6.24. The monoisotopic (exact) mass is 198 g/mol. The average molecular weight is 198 g/mol. The lowest BCUT2D eigenvalue weighted by Crippen LogP contribution is -2.31. The Morgan fingerprint density at radius 2 is 1.77 bits per heavy atom. The lowest BCUT2D eigenvalue weighted by atomic mass is 10.1. The SMILES string of the molecule is CCCCCC(OCC)C(F)(F)F. The van der Waals surface area contributed by atoms with Gasteiger partial charge in [-0.15, -0.1) is 0 Å². The van der Waals surface area contributed by atoms with Crippen LogP contribution < -0.4 is 0 Å². The Kier molecular flexibility index (Phi) is 6.12. The highest BCUT2D eigenvalue weighted by Gasteiger charge is 2.39. The van der Waals surface area contributed by atoms with Crippen molar-refractivity contribution in [3.8, 4) is 0 Å². The third kappa shape index (κ3) is 5.91. The van der Waals surface area contributed by atoms with Gasteiger partial charge in [0.2, 0.25) is 0 Å². The number of alkyl halides is 3. The van der Waals surface area contributed by atoms with Gasteiger partial charge >= 0.3 is 6.18 Å². The van der Waals surface area contributed by atoms with Crippen LogP contribution in [0.25, 0.3) is 0 Å². The van der Waals surface area contributed by atoms with Crippen LogP contribution in [0.1, 0.15) is 39.5 Å². The van der Waals surface area contributed by atoms with Gasteiger partial charge < -0.3 is 4.74 Å². The summed E-state index contributed by atoms with van der Waals surface area (Å²) in [5.41, 5.74) is 0. The largest absolute Gasteiger partial charge is 0.414 e. The summed E-state index contributed by atoms with van der Waals surface area (Å²) in [6, 6.07) is 0. The van der Waals surface area contributed by atoms with Crippen molar-refractivity contribution in [2.24, 2.45) is 0 Å². The van der Waals surface area contributed by atoms with E-state index in [0.29, 0.717) is 6.42 Å². The third-order valence-electron chi connectivity index (χ3n) is 1.80. The van der Waals surface area contributed by atoms with Crippen LogP contribution in [0, 0.1) is 0 Å². The Labute approximate surface area is 77.3 Å². The summed E-state index contributed by atoms with van der Waals surface area (Å²) >= 11 is 0. The summed E-state index contributed by atoms with van der Waals surface area (Å²) < 4.78 is 41.3. The summed E-state index contributed by atoms with van der Waals surface area (Å²) in [6.07, 6.45) is -3.34. The molecule has 0 aromatic heterocycles. The standard InChI is InChI=1S/C9H17F3O/c1-3-5-6-7-8(13-4-2)9(10,11)12/h8H,3-7H2,1-2H3. The van der Waals surface area contributed by atoms with Crippen molar-refractivity contribution in [3.63, 3.8) is 0 Å². The minimum atomic E-state index is -4.20. The molecule has 1 unspecified atom stereocenters. The molecule has 0 saturated heterocycles. The molecule has 1 atom stereocenters. The number of hydrogen-bond donors (Lipinski definition) is 0. The fourth-order valence-corrected chi connectivity index (χ4v) is 1.12. The van der Waals surface area contributed by atoms with E-state index in [4.69, 9.17) is 0 Å². The molecule has 4 heteroatoms. The lowest BCUT2D eigenvalue weighted by Gasteiger charge is -2.19. The predicted molar refractivity (Wildman–Crippen MR) is 45.6 cm³/mol. The van der Waals surface area contributed by atoms with Crippen molar-refractivity contribution < 1.29 is 17.9 Å². The number of unbranched alkanes of at least 4 members (excludes halogenated alkanes) is 2. The van der Waals surface area contributed by atoms with Gasteiger partial charge in [0.05, 0.1) is 0 Å². The Morgan fingerprint density at radius 3 is 2.15 bits per heavy atom. The van der Waals surface area contributed by atoms with E-state index in [1.54, 1.807) is 6.92 Å². The van der Waals surface area contributed by atoms with Gasteiger partial charge in [-0.25, -0.2) is 0 Å². The van der Waals surface area contributed by atoms with E-state index in [-0.39, 0.29) is 13.0 Å². The number of rotatable bonds is 6. The normalized spacial score (nSPS) is 14.5. The van der Waals surface area contributed by atoms with Crippen LogP contribution in [0.3, 0.4) is 0 Å². The topological polar surface area (TPSA) is 9.23 Å². The third-order valence-corrected chi connectivity index (χ3v) is 1.80. The molecule has 1 nitrogen and oxygen atoms in total. The van der Waals surface area contributed by atoms with Crippen LogP contribution in [0.15, 0.2) is 0 Å².